The second-order valence-corrected chi connectivity index (χ2v) is 8.94. The number of ether oxygens (including phenoxy) is 1. The topological polar surface area (TPSA) is 111 Å². The average molecular weight is 438 g/mol. The standard InChI is InChI=1S/C23H31N7O2/c1-14-10-30(11-15(2)28-14)20-5-3-4-16(29-20)8-24-22-21-18(9-25-23(21)27-13-26-22)17-6-7-32-12-19(17)31/h3-5,9,13-15,17,19,28,31H,6-8,10-12H2,1-2H3,(H2,24,25,26,27)/t14-,15+,17-,19+/m1/s1. The van der Waals surface area contributed by atoms with Crippen molar-refractivity contribution in [2.45, 2.75) is 50.9 Å². The lowest BCUT2D eigenvalue weighted by Crippen LogP contribution is -2.54. The van der Waals surface area contributed by atoms with Crippen LogP contribution in [0.25, 0.3) is 11.0 Å². The number of rotatable bonds is 5. The lowest BCUT2D eigenvalue weighted by atomic mass is 9.89. The minimum absolute atomic E-state index is 0.00203. The number of aliphatic hydroxyl groups excluding tert-OH is 1. The van der Waals surface area contributed by atoms with Crippen LogP contribution in [-0.4, -0.2) is 69.5 Å². The van der Waals surface area contributed by atoms with Crippen LogP contribution in [0.15, 0.2) is 30.7 Å². The SMILES string of the molecule is C[C@@H]1CN(c2cccc(CNc3ncnc4[nH]cc([C@H]5CCOC[C@@H]5O)c34)n2)C[C@H](C)N1. The predicted molar refractivity (Wildman–Crippen MR) is 124 cm³/mol. The molecular formula is C23H31N7O2. The molecule has 5 heterocycles. The Labute approximate surface area is 187 Å². The summed E-state index contributed by atoms with van der Waals surface area (Å²) >= 11 is 0. The van der Waals surface area contributed by atoms with E-state index in [0.717, 1.165) is 53.4 Å². The third kappa shape index (κ3) is 4.28. The number of piperazine rings is 1. The van der Waals surface area contributed by atoms with E-state index in [0.29, 0.717) is 31.8 Å². The van der Waals surface area contributed by atoms with Gasteiger partial charge in [-0.05, 0) is 38.0 Å². The highest BCUT2D eigenvalue weighted by atomic mass is 16.5. The van der Waals surface area contributed by atoms with Gasteiger partial charge < -0.3 is 30.4 Å². The predicted octanol–water partition coefficient (Wildman–Crippen LogP) is 2.02. The Morgan fingerprint density at radius 2 is 2.06 bits per heavy atom. The Kier molecular flexibility index (Phi) is 5.95. The van der Waals surface area contributed by atoms with Crippen LogP contribution in [0.2, 0.25) is 0 Å². The summed E-state index contributed by atoms with van der Waals surface area (Å²) in [6.07, 6.45) is 3.74. The Morgan fingerprint density at radius 3 is 2.88 bits per heavy atom. The first-order chi connectivity index (χ1) is 15.6. The van der Waals surface area contributed by atoms with Gasteiger partial charge in [-0.3, -0.25) is 0 Å². The molecule has 9 nitrogen and oxygen atoms in total. The van der Waals surface area contributed by atoms with Crippen LogP contribution in [0.3, 0.4) is 0 Å². The molecule has 2 aliphatic rings. The molecular weight excluding hydrogens is 406 g/mol. The second-order valence-electron chi connectivity index (χ2n) is 8.94. The molecule has 0 radical (unpaired) electrons. The van der Waals surface area contributed by atoms with Gasteiger partial charge in [0.15, 0.2) is 0 Å². The van der Waals surface area contributed by atoms with E-state index in [9.17, 15) is 5.11 Å². The van der Waals surface area contributed by atoms with Crippen LogP contribution in [0.5, 0.6) is 0 Å². The number of fused-ring (bicyclic) bond motifs is 1. The summed E-state index contributed by atoms with van der Waals surface area (Å²) in [5.74, 6) is 1.76. The average Bonchev–Trinajstić information content (AvgIpc) is 3.22. The minimum Gasteiger partial charge on any atom is -0.390 e. The summed E-state index contributed by atoms with van der Waals surface area (Å²) in [5, 5.41) is 18.4. The Hall–Kier alpha value is -2.75. The van der Waals surface area contributed by atoms with Crippen molar-refractivity contribution in [3.05, 3.63) is 42.0 Å². The van der Waals surface area contributed by atoms with Gasteiger partial charge in [0, 0.05) is 43.9 Å². The number of nitrogens with one attached hydrogen (secondary N) is 3. The smallest absolute Gasteiger partial charge is 0.143 e. The summed E-state index contributed by atoms with van der Waals surface area (Å²) in [6.45, 7) is 7.86. The number of aliphatic hydroxyl groups is 1. The molecule has 4 N–H and O–H groups in total. The molecule has 170 valence electrons. The van der Waals surface area contributed by atoms with Gasteiger partial charge in [-0.25, -0.2) is 15.0 Å². The number of nitrogens with zero attached hydrogens (tertiary/aromatic N) is 4. The summed E-state index contributed by atoms with van der Waals surface area (Å²) in [6, 6.07) is 7.04. The van der Waals surface area contributed by atoms with Crippen molar-refractivity contribution in [1.29, 1.82) is 0 Å². The monoisotopic (exact) mass is 437 g/mol. The molecule has 9 heteroatoms. The highest BCUT2D eigenvalue weighted by Crippen LogP contribution is 2.35. The van der Waals surface area contributed by atoms with E-state index in [4.69, 9.17) is 9.72 Å². The van der Waals surface area contributed by atoms with Crippen molar-refractivity contribution < 1.29 is 9.84 Å². The van der Waals surface area contributed by atoms with Crippen molar-refractivity contribution in [2.75, 3.05) is 36.5 Å². The van der Waals surface area contributed by atoms with Crippen LogP contribution in [0, 0.1) is 0 Å². The summed E-state index contributed by atoms with van der Waals surface area (Å²) < 4.78 is 5.41. The van der Waals surface area contributed by atoms with Crippen molar-refractivity contribution in [1.82, 2.24) is 25.3 Å². The van der Waals surface area contributed by atoms with Crippen molar-refractivity contribution in [3.63, 3.8) is 0 Å². The zero-order chi connectivity index (χ0) is 22.1. The van der Waals surface area contributed by atoms with Crippen LogP contribution in [0.1, 0.15) is 37.4 Å². The number of hydrogen-bond donors (Lipinski definition) is 4. The lowest BCUT2D eigenvalue weighted by Gasteiger charge is -2.37. The molecule has 0 amide bonds. The molecule has 4 atom stereocenters. The Morgan fingerprint density at radius 1 is 1.22 bits per heavy atom. The van der Waals surface area contributed by atoms with Gasteiger partial charge in [-0.2, -0.15) is 0 Å². The van der Waals surface area contributed by atoms with E-state index in [2.05, 4.69) is 56.5 Å². The zero-order valence-corrected chi connectivity index (χ0v) is 18.6. The van der Waals surface area contributed by atoms with Gasteiger partial charge in [0.25, 0.3) is 0 Å². The van der Waals surface area contributed by atoms with Crippen molar-refractivity contribution >= 4 is 22.7 Å². The molecule has 2 saturated heterocycles. The van der Waals surface area contributed by atoms with Gasteiger partial charge in [-0.15, -0.1) is 0 Å². The van der Waals surface area contributed by atoms with Crippen LogP contribution >= 0.6 is 0 Å². The van der Waals surface area contributed by atoms with E-state index in [1.165, 1.54) is 0 Å². The van der Waals surface area contributed by atoms with Gasteiger partial charge in [0.1, 0.15) is 23.6 Å². The fourth-order valence-electron chi connectivity index (χ4n) is 4.93. The molecule has 0 spiro atoms. The first-order valence-electron chi connectivity index (χ1n) is 11.4. The Balaban J connectivity index is 1.36. The maximum atomic E-state index is 10.5. The highest BCUT2D eigenvalue weighted by Gasteiger charge is 2.29. The van der Waals surface area contributed by atoms with Gasteiger partial charge in [-0.1, -0.05) is 6.07 Å². The molecule has 32 heavy (non-hydrogen) atoms. The normalized spacial score (nSPS) is 26.4. The van der Waals surface area contributed by atoms with E-state index in [1.807, 2.05) is 12.3 Å². The third-order valence-corrected chi connectivity index (χ3v) is 6.34. The highest BCUT2D eigenvalue weighted by molar-refractivity contribution is 5.90. The molecule has 0 saturated carbocycles. The van der Waals surface area contributed by atoms with Crippen LogP contribution in [0.4, 0.5) is 11.6 Å². The van der Waals surface area contributed by atoms with E-state index < -0.39 is 6.10 Å². The maximum Gasteiger partial charge on any atom is 0.143 e. The minimum atomic E-state index is -0.530. The molecule has 2 fully saturated rings. The van der Waals surface area contributed by atoms with Gasteiger partial charge in [0.2, 0.25) is 0 Å². The first kappa shape index (κ1) is 21.1. The van der Waals surface area contributed by atoms with E-state index in [1.54, 1.807) is 6.33 Å². The largest absolute Gasteiger partial charge is 0.390 e. The third-order valence-electron chi connectivity index (χ3n) is 6.34. The quantitative estimate of drug-likeness (QED) is 0.480. The maximum absolute atomic E-state index is 10.5. The summed E-state index contributed by atoms with van der Waals surface area (Å²) in [5.41, 5.74) is 2.75. The fourth-order valence-corrected chi connectivity index (χ4v) is 4.93. The van der Waals surface area contributed by atoms with Crippen LogP contribution < -0.4 is 15.5 Å². The molecule has 3 aromatic rings. The molecule has 0 aliphatic carbocycles. The number of pyridine rings is 1. The molecule has 2 aliphatic heterocycles. The molecule has 0 bridgehead atoms. The second kappa shape index (κ2) is 9.01. The Bertz CT molecular complexity index is 1060. The number of hydrogen-bond acceptors (Lipinski definition) is 8. The first-order valence-corrected chi connectivity index (χ1v) is 11.4. The zero-order valence-electron chi connectivity index (χ0n) is 18.6. The molecule has 0 aromatic carbocycles. The molecule has 0 unspecified atom stereocenters. The van der Waals surface area contributed by atoms with Gasteiger partial charge >= 0.3 is 0 Å². The van der Waals surface area contributed by atoms with E-state index >= 15 is 0 Å². The molecule has 3 aromatic heterocycles. The number of H-pyrrole nitrogens is 1. The number of anilines is 2. The van der Waals surface area contributed by atoms with Crippen LogP contribution in [-0.2, 0) is 11.3 Å². The lowest BCUT2D eigenvalue weighted by molar-refractivity contribution is -0.0201. The number of aromatic amines is 1. The van der Waals surface area contributed by atoms with E-state index in [-0.39, 0.29) is 5.92 Å². The summed E-state index contributed by atoms with van der Waals surface area (Å²) in [7, 11) is 0. The number of aromatic nitrogens is 4. The fraction of sp³-hybridized carbons (Fsp3) is 0.522. The van der Waals surface area contributed by atoms with Gasteiger partial charge in [0.05, 0.1) is 30.3 Å². The van der Waals surface area contributed by atoms with Crippen molar-refractivity contribution in [3.8, 4) is 0 Å². The summed E-state index contributed by atoms with van der Waals surface area (Å²) in [4.78, 5) is 19.4. The van der Waals surface area contributed by atoms with Crippen molar-refractivity contribution in [2.24, 2.45) is 0 Å². The molecule has 5 rings (SSSR count).